The molecule has 0 aromatic heterocycles. The van der Waals surface area contributed by atoms with Crippen LogP contribution in [-0.4, -0.2) is 31.3 Å². The standard InChI is InChI=1S/C17H25FN2O/c1-11-7-12(16(2,3)9-19-6)8-13(18)14(11)15-20-17(4,5)10-21-15/h7,9,12H,8,10H2,1-6H3/p+1. The Morgan fingerprint density at radius 1 is 1.48 bits per heavy atom. The summed E-state index contributed by atoms with van der Waals surface area (Å²) in [7, 11) is 1.76. The lowest BCUT2D eigenvalue weighted by Crippen LogP contribution is -2.83. The molecule has 0 amide bonds. The number of hydrogen-bond donors (Lipinski definition) is 1. The van der Waals surface area contributed by atoms with Gasteiger partial charge in [0.1, 0.15) is 11.4 Å². The van der Waals surface area contributed by atoms with Gasteiger partial charge in [-0.05, 0) is 18.4 Å². The molecule has 21 heavy (non-hydrogen) atoms. The molecule has 0 spiro atoms. The van der Waals surface area contributed by atoms with E-state index in [4.69, 9.17) is 4.74 Å². The first kappa shape index (κ1) is 15.9. The number of halogens is 1. The van der Waals surface area contributed by atoms with E-state index in [0.29, 0.717) is 24.5 Å². The van der Waals surface area contributed by atoms with Crippen molar-refractivity contribution in [1.82, 2.24) is 0 Å². The van der Waals surface area contributed by atoms with Gasteiger partial charge < -0.3 is 9.73 Å². The Morgan fingerprint density at radius 2 is 2.14 bits per heavy atom. The van der Waals surface area contributed by atoms with Crippen LogP contribution in [0.5, 0.6) is 0 Å². The zero-order chi connectivity index (χ0) is 15.8. The summed E-state index contributed by atoms with van der Waals surface area (Å²) in [6.07, 6.45) is 4.43. The van der Waals surface area contributed by atoms with Gasteiger partial charge in [-0.2, -0.15) is 0 Å². The van der Waals surface area contributed by atoms with E-state index in [1.165, 1.54) is 0 Å². The maximum Gasteiger partial charge on any atom is 0.371 e. The van der Waals surface area contributed by atoms with Gasteiger partial charge in [0.05, 0.1) is 0 Å². The van der Waals surface area contributed by atoms with Gasteiger partial charge in [0.2, 0.25) is 0 Å². The Morgan fingerprint density at radius 3 is 2.62 bits per heavy atom. The summed E-state index contributed by atoms with van der Waals surface area (Å²) in [5, 5.41) is 0. The third-order valence-corrected chi connectivity index (χ3v) is 4.19. The molecular weight excluding hydrogens is 267 g/mol. The van der Waals surface area contributed by atoms with Crippen molar-refractivity contribution in [3.8, 4) is 0 Å². The Labute approximate surface area is 126 Å². The van der Waals surface area contributed by atoms with Gasteiger partial charge in [0.15, 0.2) is 12.1 Å². The molecule has 1 heterocycles. The first-order valence-electron chi connectivity index (χ1n) is 7.45. The maximum atomic E-state index is 14.7. The molecule has 1 aliphatic heterocycles. The van der Waals surface area contributed by atoms with Crippen molar-refractivity contribution < 1.29 is 14.1 Å². The fourth-order valence-electron chi connectivity index (χ4n) is 2.93. The second kappa shape index (κ2) is 5.39. The third kappa shape index (κ3) is 3.25. The molecule has 0 radical (unpaired) electrons. The summed E-state index contributed by atoms with van der Waals surface area (Å²) in [4.78, 5) is 7.38. The van der Waals surface area contributed by atoms with Gasteiger partial charge in [-0.25, -0.2) is 9.38 Å². The minimum absolute atomic E-state index is 0.0993. The van der Waals surface area contributed by atoms with Crippen LogP contribution in [0.1, 0.15) is 41.0 Å². The summed E-state index contributed by atoms with van der Waals surface area (Å²) >= 11 is 0. The molecule has 1 aliphatic carbocycles. The van der Waals surface area contributed by atoms with Crippen molar-refractivity contribution in [3.63, 3.8) is 0 Å². The van der Waals surface area contributed by atoms with E-state index in [9.17, 15) is 4.39 Å². The summed E-state index contributed by atoms with van der Waals surface area (Å²) in [6, 6.07) is 0. The van der Waals surface area contributed by atoms with Crippen LogP contribution in [0.3, 0.4) is 0 Å². The van der Waals surface area contributed by atoms with E-state index in [0.717, 1.165) is 5.57 Å². The molecular formula is C17H26FN2O+. The van der Waals surface area contributed by atoms with E-state index < -0.39 is 0 Å². The summed E-state index contributed by atoms with van der Waals surface area (Å²) in [5.74, 6) is 0.587. The normalized spacial score (nSPS) is 26.0. The zero-order valence-corrected chi connectivity index (χ0v) is 13.9. The van der Waals surface area contributed by atoms with Crippen LogP contribution >= 0.6 is 0 Å². The number of nitrogens with zero attached hydrogens (tertiary/aromatic N) is 1. The summed E-state index contributed by atoms with van der Waals surface area (Å²) in [6.45, 7) is 10.8. The predicted molar refractivity (Wildman–Crippen MR) is 84.2 cm³/mol. The van der Waals surface area contributed by atoms with Crippen LogP contribution in [0.4, 0.5) is 4.39 Å². The molecule has 2 aliphatic rings. The average molecular weight is 293 g/mol. The largest absolute Gasteiger partial charge is 0.437 e. The zero-order valence-electron chi connectivity index (χ0n) is 13.9. The lowest BCUT2D eigenvalue weighted by atomic mass is 9.73. The van der Waals surface area contributed by atoms with Gasteiger partial charge in [0.25, 0.3) is 0 Å². The average Bonchev–Trinajstić information content (AvgIpc) is 2.68. The molecule has 0 bridgehead atoms. The molecule has 1 unspecified atom stereocenters. The lowest BCUT2D eigenvalue weighted by Gasteiger charge is -2.31. The number of rotatable bonds is 3. The molecule has 0 saturated carbocycles. The number of nitrogens with one attached hydrogen (secondary N) is 1. The maximum absolute atomic E-state index is 14.7. The third-order valence-electron chi connectivity index (χ3n) is 4.19. The second-order valence-corrected chi connectivity index (χ2v) is 7.28. The van der Waals surface area contributed by atoms with E-state index in [1.807, 2.05) is 27.0 Å². The molecule has 0 fully saturated rings. The summed E-state index contributed by atoms with van der Waals surface area (Å²) < 4.78 is 20.3. The minimum atomic E-state index is -0.160. The van der Waals surface area contributed by atoms with Crippen LogP contribution in [-0.2, 0) is 4.74 Å². The smallest absolute Gasteiger partial charge is 0.371 e. The number of hydrogen-bond acceptors (Lipinski definition) is 2. The number of aliphatic imine (C=N–C) groups is 1. The Kier molecular flexibility index (Phi) is 4.09. The molecule has 4 heteroatoms. The fraction of sp³-hybridized carbons (Fsp3) is 0.647. The quantitative estimate of drug-likeness (QED) is 0.796. The van der Waals surface area contributed by atoms with E-state index in [2.05, 4.69) is 29.9 Å². The fourth-order valence-corrected chi connectivity index (χ4v) is 2.93. The minimum Gasteiger partial charge on any atom is -0.437 e. The van der Waals surface area contributed by atoms with Crippen LogP contribution in [0.25, 0.3) is 0 Å². The number of allylic oxidation sites excluding steroid dienone is 2. The monoisotopic (exact) mass is 293 g/mol. The second-order valence-electron chi connectivity index (χ2n) is 7.28. The van der Waals surface area contributed by atoms with Crippen molar-refractivity contribution in [3.05, 3.63) is 23.0 Å². The van der Waals surface area contributed by atoms with Gasteiger partial charge in [-0.15, -0.1) is 0 Å². The SMILES string of the molecule is CN=CC(C)(C)C1C=C(C)C(C2=[NH+]C(C)(C)CO2)=C(F)C1. The molecule has 1 N–H and O–H groups in total. The highest BCUT2D eigenvalue weighted by Gasteiger charge is 2.40. The number of ether oxygens (including phenoxy) is 1. The van der Waals surface area contributed by atoms with Gasteiger partial charge >= 0.3 is 5.90 Å². The predicted octanol–water partition coefficient (Wildman–Crippen LogP) is 2.19. The molecule has 0 aromatic carbocycles. The molecule has 3 nitrogen and oxygen atoms in total. The van der Waals surface area contributed by atoms with Crippen LogP contribution < -0.4 is 4.99 Å². The van der Waals surface area contributed by atoms with Crippen LogP contribution in [0, 0.1) is 11.3 Å². The van der Waals surface area contributed by atoms with Crippen molar-refractivity contribution in [2.75, 3.05) is 13.7 Å². The first-order chi connectivity index (χ1) is 9.66. The van der Waals surface area contributed by atoms with E-state index in [1.54, 1.807) is 7.05 Å². The molecule has 116 valence electrons. The Balaban J connectivity index is 2.31. The van der Waals surface area contributed by atoms with E-state index in [-0.39, 0.29) is 22.7 Å². The Hall–Kier alpha value is -1.45. The van der Waals surface area contributed by atoms with Crippen molar-refractivity contribution >= 4 is 12.1 Å². The van der Waals surface area contributed by atoms with Gasteiger partial charge in [-0.1, -0.05) is 19.9 Å². The highest BCUT2D eigenvalue weighted by molar-refractivity contribution is 5.95. The van der Waals surface area contributed by atoms with Crippen molar-refractivity contribution in [2.24, 2.45) is 16.3 Å². The highest BCUT2D eigenvalue weighted by Crippen LogP contribution is 2.39. The molecule has 0 saturated heterocycles. The van der Waals surface area contributed by atoms with Crippen molar-refractivity contribution in [1.29, 1.82) is 0 Å². The molecule has 0 aromatic rings. The lowest BCUT2D eigenvalue weighted by molar-refractivity contribution is -0.530. The first-order valence-corrected chi connectivity index (χ1v) is 7.45. The van der Waals surface area contributed by atoms with Gasteiger partial charge in [-0.3, -0.25) is 0 Å². The van der Waals surface area contributed by atoms with Crippen LogP contribution in [0.15, 0.2) is 28.0 Å². The topological polar surface area (TPSA) is 35.6 Å². The Bertz CT molecular complexity index is 553. The highest BCUT2D eigenvalue weighted by atomic mass is 19.1. The van der Waals surface area contributed by atoms with Crippen LogP contribution in [0.2, 0.25) is 0 Å². The van der Waals surface area contributed by atoms with Gasteiger partial charge in [0, 0.05) is 38.9 Å². The molecule has 2 rings (SSSR count). The summed E-state index contributed by atoms with van der Waals surface area (Å²) in [5.41, 5.74) is 1.23. The molecule has 1 atom stereocenters. The van der Waals surface area contributed by atoms with E-state index >= 15 is 0 Å². The van der Waals surface area contributed by atoms with Crippen molar-refractivity contribution in [2.45, 2.75) is 46.6 Å².